The summed E-state index contributed by atoms with van der Waals surface area (Å²) in [5.74, 6) is 0.848. The van der Waals surface area contributed by atoms with Crippen molar-refractivity contribution in [3.63, 3.8) is 0 Å². The predicted molar refractivity (Wildman–Crippen MR) is 91.8 cm³/mol. The van der Waals surface area contributed by atoms with Crippen molar-refractivity contribution in [3.05, 3.63) is 66.7 Å². The number of benzene rings is 2. The summed E-state index contributed by atoms with van der Waals surface area (Å²) in [6.45, 7) is 6.14. The normalized spacial score (nSPS) is 10.5. The highest BCUT2D eigenvalue weighted by Gasteiger charge is 1.99. The van der Waals surface area contributed by atoms with Crippen molar-refractivity contribution in [2.24, 2.45) is 4.99 Å². The van der Waals surface area contributed by atoms with E-state index >= 15 is 0 Å². The second kappa shape index (κ2) is 8.54. The minimum Gasteiger partial charge on any atom is -0.494 e. The van der Waals surface area contributed by atoms with Crippen LogP contribution in [-0.2, 0) is 4.79 Å². The first-order valence-corrected chi connectivity index (χ1v) is 7.42. The lowest BCUT2D eigenvalue weighted by Crippen LogP contribution is -2.02. The first kappa shape index (κ1) is 16.5. The van der Waals surface area contributed by atoms with Crippen LogP contribution >= 0.6 is 0 Å². The van der Waals surface area contributed by atoms with E-state index in [2.05, 4.69) is 18.5 Å². The van der Waals surface area contributed by atoms with E-state index in [1.165, 1.54) is 0 Å². The summed E-state index contributed by atoms with van der Waals surface area (Å²) in [6, 6.07) is 14.7. The zero-order valence-electron chi connectivity index (χ0n) is 13.1. The summed E-state index contributed by atoms with van der Waals surface area (Å²) >= 11 is 0. The molecule has 0 unspecified atom stereocenters. The lowest BCUT2D eigenvalue weighted by molar-refractivity contribution is -0.128. The van der Waals surface area contributed by atoms with Gasteiger partial charge in [0.2, 0.25) is 0 Å². The van der Waals surface area contributed by atoms with Crippen LogP contribution in [0.15, 0.2) is 66.2 Å². The number of hydrogen-bond acceptors (Lipinski definition) is 4. The van der Waals surface area contributed by atoms with E-state index in [0.29, 0.717) is 12.4 Å². The van der Waals surface area contributed by atoms with Gasteiger partial charge in [-0.2, -0.15) is 0 Å². The van der Waals surface area contributed by atoms with Crippen molar-refractivity contribution in [2.45, 2.75) is 13.3 Å². The molecule has 0 saturated carbocycles. The minimum absolute atomic E-state index is 0.475. The number of carbonyl (C=O) groups excluding carboxylic acids is 1. The van der Waals surface area contributed by atoms with Gasteiger partial charge in [0.05, 0.1) is 12.3 Å². The largest absolute Gasteiger partial charge is 0.494 e. The number of carbonyl (C=O) groups is 1. The van der Waals surface area contributed by atoms with Crippen molar-refractivity contribution in [1.29, 1.82) is 0 Å². The first-order valence-electron chi connectivity index (χ1n) is 7.42. The van der Waals surface area contributed by atoms with Gasteiger partial charge in [0, 0.05) is 12.3 Å². The smallest absolute Gasteiger partial charge is 0.335 e. The van der Waals surface area contributed by atoms with Crippen molar-refractivity contribution >= 4 is 17.9 Å². The molecule has 23 heavy (non-hydrogen) atoms. The van der Waals surface area contributed by atoms with E-state index in [-0.39, 0.29) is 0 Å². The summed E-state index contributed by atoms with van der Waals surface area (Å²) < 4.78 is 10.5. The lowest BCUT2D eigenvalue weighted by atomic mass is 10.2. The summed E-state index contributed by atoms with van der Waals surface area (Å²) in [5, 5.41) is 0. The van der Waals surface area contributed by atoms with Crippen molar-refractivity contribution < 1.29 is 14.3 Å². The zero-order chi connectivity index (χ0) is 16.5. The maximum absolute atomic E-state index is 11.1. The molecular weight excluding hydrogens is 290 g/mol. The van der Waals surface area contributed by atoms with Crippen LogP contribution in [0.2, 0.25) is 0 Å². The molecule has 0 bridgehead atoms. The molecule has 0 aromatic heterocycles. The third-order valence-electron chi connectivity index (χ3n) is 2.94. The first-order chi connectivity index (χ1) is 11.2. The van der Waals surface area contributed by atoms with Gasteiger partial charge < -0.3 is 9.47 Å². The molecule has 0 N–H and O–H groups in total. The van der Waals surface area contributed by atoms with Gasteiger partial charge in [-0.05, 0) is 60.5 Å². The minimum atomic E-state index is -0.475. The van der Waals surface area contributed by atoms with Crippen molar-refractivity contribution in [3.8, 4) is 11.5 Å². The highest BCUT2D eigenvalue weighted by molar-refractivity contribution is 5.84. The molecule has 0 aliphatic carbocycles. The Kier molecular flexibility index (Phi) is 6.12. The van der Waals surface area contributed by atoms with Crippen LogP contribution in [0.5, 0.6) is 11.5 Å². The molecule has 2 aromatic carbocycles. The Morgan fingerprint density at radius 1 is 1.09 bits per heavy atom. The fourth-order valence-corrected chi connectivity index (χ4v) is 1.78. The molecule has 0 spiro atoms. The molecule has 0 radical (unpaired) electrons. The third kappa shape index (κ3) is 5.43. The predicted octanol–water partition coefficient (Wildman–Crippen LogP) is 4.32. The van der Waals surface area contributed by atoms with E-state index < -0.39 is 5.97 Å². The molecule has 0 atom stereocenters. The Hall–Kier alpha value is -2.88. The van der Waals surface area contributed by atoms with Crippen LogP contribution in [-0.4, -0.2) is 18.8 Å². The second-order valence-electron chi connectivity index (χ2n) is 4.79. The monoisotopic (exact) mass is 309 g/mol. The lowest BCUT2D eigenvalue weighted by Gasteiger charge is -2.04. The molecular formula is C19H19NO3. The summed E-state index contributed by atoms with van der Waals surface area (Å²) in [7, 11) is 0. The summed E-state index contributed by atoms with van der Waals surface area (Å²) in [6.07, 6.45) is 3.86. The molecule has 4 heteroatoms. The average Bonchev–Trinajstić information content (AvgIpc) is 2.60. The number of aliphatic imine (C=N–C) groups is 1. The molecule has 2 rings (SSSR count). The average molecular weight is 309 g/mol. The van der Waals surface area contributed by atoms with Crippen LogP contribution in [0.1, 0.15) is 18.9 Å². The SMILES string of the molecule is C=CC(=O)Oc1ccc(C=Nc2ccc(OCCC)cc2)cc1. The van der Waals surface area contributed by atoms with E-state index in [4.69, 9.17) is 9.47 Å². The van der Waals surface area contributed by atoms with Gasteiger partial charge >= 0.3 is 5.97 Å². The van der Waals surface area contributed by atoms with E-state index in [1.54, 1.807) is 18.3 Å². The summed E-state index contributed by atoms with van der Waals surface area (Å²) in [4.78, 5) is 15.5. The number of nitrogens with zero attached hydrogens (tertiary/aromatic N) is 1. The van der Waals surface area contributed by atoms with Crippen LogP contribution in [0.4, 0.5) is 5.69 Å². The van der Waals surface area contributed by atoms with Gasteiger partial charge in [-0.3, -0.25) is 4.99 Å². The standard InChI is InChI=1S/C19H19NO3/c1-3-13-22-17-11-7-16(8-12-17)20-14-15-5-9-18(10-6-15)23-19(21)4-2/h4-12,14H,2-3,13H2,1H3. The fraction of sp³-hybridized carbons (Fsp3) is 0.158. The molecule has 2 aromatic rings. The topological polar surface area (TPSA) is 47.9 Å². The van der Waals surface area contributed by atoms with E-state index in [1.807, 2.05) is 36.4 Å². The third-order valence-corrected chi connectivity index (χ3v) is 2.94. The number of hydrogen-bond donors (Lipinski definition) is 0. The van der Waals surface area contributed by atoms with Gasteiger partial charge in [0.25, 0.3) is 0 Å². The molecule has 0 amide bonds. The molecule has 0 saturated heterocycles. The van der Waals surface area contributed by atoms with Gasteiger partial charge in [-0.25, -0.2) is 4.79 Å². The second-order valence-corrected chi connectivity index (χ2v) is 4.79. The van der Waals surface area contributed by atoms with Gasteiger partial charge in [0.1, 0.15) is 11.5 Å². The van der Waals surface area contributed by atoms with Crippen LogP contribution in [0, 0.1) is 0 Å². The van der Waals surface area contributed by atoms with E-state index in [0.717, 1.165) is 29.5 Å². The quantitative estimate of drug-likeness (QED) is 0.331. The zero-order valence-corrected chi connectivity index (χ0v) is 13.1. The van der Waals surface area contributed by atoms with Gasteiger partial charge in [-0.1, -0.05) is 13.5 Å². The Bertz CT molecular complexity index is 673. The molecule has 0 aliphatic heterocycles. The molecule has 4 nitrogen and oxygen atoms in total. The number of rotatable bonds is 7. The maximum Gasteiger partial charge on any atom is 0.335 e. The molecule has 0 aliphatic rings. The highest BCUT2D eigenvalue weighted by Crippen LogP contribution is 2.18. The van der Waals surface area contributed by atoms with Crippen molar-refractivity contribution in [1.82, 2.24) is 0 Å². The van der Waals surface area contributed by atoms with Crippen LogP contribution in [0.3, 0.4) is 0 Å². The Morgan fingerprint density at radius 3 is 2.35 bits per heavy atom. The fourth-order valence-electron chi connectivity index (χ4n) is 1.78. The van der Waals surface area contributed by atoms with Gasteiger partial charge in [-0.15, -0.1) is 0 Å². The molecule has 0 fully saturated rings. The number of ether oxygens (including phenoxy) is 2. The molecule has 0 heterocycles. The van der Waals surface area contributed by atoms with Crippen LogP contribution < -0.4 is 9.47 Å². The van der Waals surface area contributed by atoms with Crippen molar-refractivity contribution in [2.75, 3.05) is 6.61 Å². The van der Waals surface area contributed by atoms with Gasteiger partial charge in [0.15, 0.2) is 0 Å². The summed E-state index contributed by atoms with van der Waals surface area (Å²) in [5.41, 5.74) is 1.76. The maximum atomic E-state index is 11.1. The Morgan fingerprint density at radius 2 is 1.74 bits per heavy atom. The number of esters is 1. The molecule has 118 valence electrons. The Balaban J connectivity index is 1.96. The van der Waals surface area contributed by atoms with E-state index in [9.17, 15) is 4.79 Å². The highest BCUT2D eigenvalue weighted by atomic mass is 16.5. The van der Waals surface area contributed by atoms with Crippen LogP contribution in [0.25, 0.3) is 0 Å². The Labute approximate surface area is 136 Å².